The van der Waals surface area contributed by atoms with E-state index in [9.17, 15) is 18.0 Å². The quantitative estimate of drug-likeness (QED) is 0.828. The van der Waals surface area contributed by atoms with Crippen LogP contribution in [0.1, 0.15) is 36.7 Å². The molecule has 0 unspecified atom stereocenters. The van der Waals surface area contributed by atoms with Crippen molar-refractivity contribution in [3.8, 4) is 5.75 Å². The molecule has 0 saturated heterocycles. The number of ether oxygens (including phenoxy) is 1. The average molecular weight is 289 g/mol. The van der Waals surface area contributed by atoms with Gasteiger partial charge in [0.2, 0.25) is 0 Å². The van der Waals surface area contributed by atoms with Gasteiger partial charge in [0.25, 0.3) is 5.91 Å². The van der Waals surface area contributed by atoms with Crippen molar-refractivity contribution in [2.45, 2.75) is 33.6 Å². The van der Waals surface area contributed by atoms with Gasteiger partial charge in [-0.3, -0.25) is 4.79 Å². The lowest BCUT2D eigenvalue weighted by molar-refractivity contribution is -0.274. The zero-order valence-electron chi connectivity index (χ0n) is 11.8. The molecule has 1 rings (SSSR count). The highest BCUT2D eigenvalue weighted by atomic mass is 19.4. The molecule has 1 aromatic carbocycles. The molecule has 20 heavy (non-hydrogen) atoms. The topological polar surface area (TPSA) is 29.5 Å². The van der Waals surface area contributed by atoms with Crippen molar-refractivity contribution in [1.82, 2.24) is 4.90 Å². The Labute approximate surface area is 116 Å². The van der Waals surface area contributed by atoms with Crippen molar-refractivity contribution in [3.05, 3.63) is 29.3 Å². The summed E-state index contributed by atoms with van der Waals surface area (Å²) in [4.78, 5) is 13.6. The molecule has 0 aliphatic rings. The summed E-state index contributed by atoms with van der Waals surface area (Å²) >= 11 is 0. The SMILES string of the molecule is CCc1ccc(C(=O)N(CC)CC)c(OC(F)(F)F)c1. The summed E-state index contributed by atoms with van der Waals surface area (Å²) in [7, 11) is 0. The van der Waals surface area contributed by atoms with Gasteiger partial charge in [-0.15, -0.1) is 13.2 Å². The third kappa shape index (κ3) is 4.15. The van der Waals surface area contributed by atoms with Crippen molar-refractivity contribution in [2.75, 3.05) is 13.1 Å². The number of benzene rings is 1. The number of aryl methyl sites for hydroxylation is 1. The molecule has 0 atom stereocenters. The van der Waals surface area contributed by atoms with Crippen molar-refractivity contribution in [2.24, 2.45) is 0 Å². The fourth-order valence-electron chi connectivity index (χ4n) is 1.85. The number of hydrogen-bond donors (Lipinski definition) is 0. The Morgan fingerprint density at radius 1 is 1.20 bits per heavy atom. The zero-order chi connectivity index (χ0) is 15.3. The Balaban J connectivity index is 3.20. The van der Waals surface area contributed by atoms with Crippen molar-refractivity contribution in [1.29, 1.82) is 0 Å². The molecule has 1 aromatic rings. The van der Waals surface area contributed by atoms with E-state index >= 15 is 0 Å². The predicted octanol–water partition coefficient (Wildman–Crippen LogP) is 3.63. The summed E-state index contributed by atoms with van der Waals surface area (Å²) in [6, 6.07) is 4.30. The predicted molar refractivity (Wildman–Crippen MR) is 69.8 cm³/mol. The second-order valence-electron chi connectivity index (χ2n) is 4.21. The minimum Gasteiger partial charge on any atom is -0.405 e. The number of nitrogens with zero attached hydrogens (tertiary/aromatic N) is 1. The molecule has 0 aliphatic carbocycles. The second kappa shape index (κ2) is 6.63. The van der Waals surface area contributed by atoms with E-state index in [1.807, 2.05) is 6.92 Å². The number of hydrogen-bond acceptors (Lipinski definition) is 2. The minimum absolute atomic E-state index is 0.0665. The molecule has 0 radical (unpaired) electrons. The van der Waals surface area contributed by atoms with Crippen LogP contribution in [0.3, 0.4) is 0 Å². The van der Waals surface area contributed by atoms with E-state index in [1.54, 1.807) is 19.9 Å². The Morgan fingerprint density at radius 3 is 2.25 bits per heavy atom. The van der Waals surface area contributed by atoms with Gasteiger partial charge in [-0.2, -0.15) is 0 Å². The maximum Gasteiger partial charge on any atom is 0.573 e. The highest BCUT2D eigenvalue weighted by Gasteiger charge is 2.33. The Hall–Kier alpha value is -1.72. The van der Waals surface area contributed by atoms with Gasteiger partial charge in [0, 0.05) is 13.1 Å². The van der Waals surface area contributed by atoms with Gasteiger partial charge >= 0.3 is 6.36 Å². The van der Waals surface area contributed by atoms with Crippen molar-refractivity contribution in [3.63, 3.8) is 0 Å². The summed E-state index contributed by atoms with van der Waals surface area (Å²) in [5, 5.41) is 0. The Morgan fingerprint density at radius 2 is 1.80 bits per heavy atom. The van der Waals surface area contributed by atoms with Crippen LogP contribution in [0.5, 0.6) is 5.75 Å². The molecule has 1 amide bonds. The normalized spacial score (nSPS) is 11.3. The van der Waals surface area contributed by atoms with Gasteiger partial charge in [-0.05, 0) is 38.0 Å². The second-order valence-corrected chi connectivity index (χ2v) is 4.21. The van der Waals surface area contributed by atoms with E-state index in [-0.39, 0.29) is 5.56 Å². The maximum absolute atomic E-state index is 12.4. The van der Waals surface area contributed by atoms with Crippen molar-refractivity contribution >= 4 is 5.91 Å². The number of amides is 1. The molecule has 6 heteroatoms. The van der Waals surface area contributed by atoms with Crippen LogP contribution in [0.2, 0.25) is 0 Å². The third-order valence-corrected chi connectivity index (χ3v) is 2.96. The van der Waals surface area contributed by atoms with Crippen LogP contribution in [0, 0.1) is 0 Å². The van der Waals surface area contributed by atoms with E-state index in [0.717, 1.165) is 0 Å². The minimum atomic E-state index is -4.81. The average Bonchev–Trinajstić information content (AvgIpc) is 2.38. The van der Waals surface area contributed by atoms with Gasteiger partial charge in [-0.1, -0.05) is 13.0 Å². The highest BCUT2D eigenvalue weighted by molar-refractivity contribution is 5.97. The monoisotopic (exact) mass is 289 g/mol. The standard InChI is InChI=1S/C14H18F3NO2/c1-4-10-7-8-11(13(19)18(5-2)6-3)12(9-10)20-14(15,16)17/h7-9H,4-6H2,1-3H3. The summed E-state index contributed by atoms with van der Waals surface area (Å²) in [5.74, 6) is -0.898. The zero-order valence-corrected chi connectivity index (χ0v) is 11.8. The first kappa shape index (κ1) is 16.3. The molecular formula is C14H18F3NO2. The first-order valence-electron chi connectivity index (χ1n) is 6.50. The molecule has 0 aliphatic heterocycles. The summed E-state index contributed by atoms with van der Waals surface area (Å²) in [5.41, 5.74) is 0.614. The smallest absolute Gasteiger partial charge is 0.405 e. The Kier molecular flexibility index (Phi) is 5.42. The summed E-state index contributed by atoms with van der Waals surface area (Å²) in [6.45, 7) is 6.21. The van der Waals surface area contributed by atoms with Gasteiger partial charge in [0.1, 0.15) is 5.75 Å². The lowest BCUT2D eigenvalue weighted by atomic mass is 10.1. The van der Waals surface area contributed by atoms with Crippen LogP contribution in [0.25, 0.3) is 0 Å². The largest absolute Gasteiger partial charge is 0.573 e. The maximum atomic E-state index is 12.4. The molecule has 0 aromatic heterocycles. The molecule has 0 heterocycles. The lowest BCUT2D eigenvalue weighted by Gasteiger charge is -2.21. The van der Waals surface area contributed by atoms with E-state index in [0.29, 0.717) is 25.1 Å². The number of halogens is 3. The molecule has 0 spiro atoms. The van der Waals surface area contributed by atoms with Crippen LogP contribution in [0.15, 0.2) is 18.2 Å². The number of alkyl halides is 3. The van der Waals surface area contributed by atoms with E-state index in [1.165, 1.54) is 17.0 Å². The van der Waals surface area contributed by atoms with E-state index in [4.69, 9.17) is 0 Å². The van der Waals surface area contributed by atoms with Crippen molar-refractivity contribution < 1.29 is 22.7 Å². The first-order valence-corrected chi connectivity index (χ1v) is 6.50. The number of rotatable bonds is 5. The van der Waals surface area contributed by atoms with E-state index < -0.39 is 18.0 Å². The fraction of sp³-hybridized carbons (Fsp3) is 0.500. The van der Waals surface area contributed by atoms with Crippen LogP contribution in [-0.4, -0.2) is 30.3 Å². The third-order valence-electron chi connectivity index (χ3n) is 2.96. The first-order chi connectivity index (χ1) is 9.32. The van der Waals surface area contributed by atoms with Crippen LogP contribution >= 0.6 is 0 Å². The fourth-order valence-corrected chi connectivity index (χ4v) is 1.85. The molecule has 0 N–H and O–H groups in total. The van der Waals surface area contributed by atoms with Gasteiger partial charge in [0.05, 0.1) is 5.56 Å². The van der Waals surface area contributed by atoms with Crippen LogP contribution in [0.4, 0.5) is 13.2 Å². The van der Waals surface area contributed by atoms with E-state index in [2.05, 4.69) is 4.74 Å². The molecule has 112 valence electrons. The highest BCUT2D eigenvalue weighted by Crippen LogP contribution is 2.28. The lowest BCUT2D eigenvalue weighted by Crippen LogP contribution is -2.31. The molecular weight excluding hydrogens is 271 g/mol. The summed E-state index contributed by atoms with van der Waals surface area (Å²) < 4.78 is 41.3. The molecule has 0 fully saturated rings. The van der Waals surface area contributed by atoms with Gasteiger partial charge in [0.15, 0.2) is 0 Å². The molecule has 0 saturated carbocycles. The Bertz CT molecular complexity index is 468. The number of carbonyl (C=O) groups is 1. The van der Waals surface area contributed by atoms with Crippen LogP contribution < -0.4 is 4.74 Å². The summed E-state index contributed by atoms with van der Waals surface area (Å²) in [6.07, 6.45) is -4.25. The van der Waals surface area contributed by atoms with Gasteiger partial charge in [-0.25, -0.2) is 0 Å². The molecule has 3 nitrogen and oxygen atoms in total. The van der Waals surface area contributed by atoms with Crippen LogP contribution in [-0.2, 0) is 6.42 Å². The molecule has 0 bridgehead atoms. The number of carbonyl (C=O) groups excluding carboxylic acids is 1. The van der Waals surface area contributed by atoms with Gasteiger partial charge < -0.3 is 9.64 Å².